The third-order valence-electron chi connectivity index (χ3n) is 6.93. The lowest BCUT2D eigenvalue weighted by Crippen LogP contribution is -2.41. The number of rotatable bonds is 5. The number of fused-ring (bicyclic) bond motifs is 3. The first-order valence-corrected chi connectivity index (χ1v) is 12.1. The van der Waals surface area contributed by atoms with Crippen LogP contribution >= 0.6 is 12.2 Å². The van der Waals surface area contributed by atoms with Gasteiger partial charge in [-0.2, -0.15) is 0 Å². The van der Waals surface area contributed by atoms with Crippen LogP contribution < -0.4 is 15.6 Å². The molecular weight excluding hydrogens is 448 g/mol. The van der Waals surface area contributed by atoms with Crippen LogP contribution in [0.3, 0.4) is 0 Å². The molecule has 1 amide bonds. The summed E-state index contributed by atoms with van der Waals surface area (Å²) in [5.74, 6) is 1.17. The fourth-order valence-electron chi connectivity index (χ4n) is 4.86. The van der Waals surface area contributed by atoms with E-state index in [4.69, 9.17) is 17.0 Å². The number of carbonyl (C=O) groups excluding carboxylic acids is 1. The van der Waals surface area contributed by atoms with Crippen molar-refractivity contribution in [3.63, 3.8) is 0 Å². The quantitative estimate of drug-likeness (QED) is 0.357. The van der Waals surface area contributed by atoms with Crippen LogP contribution in [0.2, 0.25) is 0 Å². The van der Waals surface area contributed by atoms with E-state index in [-0.39, 0.29) is 17.5 Å². The summed E-state index contributed by atoms with van der Waals surface area (Å²) in [4.78, 5) is 32.4. The van der Waals surface area contributed by atoms with Gasteiger partial charge in [0.15, 0.2) is 4.77 Å². The molecule has 1 fully saturated rings. The van der Waals surface area contributed by atoms with Crippen LogP contribution in [0.4, 0.5) is 0 Å². The number of hydrogen-bond donors (Lipinski definition) is 3. The summed E-state index contributed by atoms with van der Waals surface area (Å²) in [6.45, 7) is 2.51. The Hall–Kier alpha value is -3.39. The Labute approximate surface area is 202 Å². The van der Waals surface area contributed by atoms with Crippen molar-refractivity contribution in [2.75, 3.05) is 7.11 Å². The highest BCUT2D eigenvalue weighted by Gasteiger charge is 2.23. The van der Waals surface area contributed by atoms with Crippen LogP contribution in [0, 0.1) is 10.7 Å². The number of H-pyrrole nitrogens is 2. The zero-order chi connectivity index (χ0) is 23.8. The van der Waals surface area contributed by atoms with E-state index in [1.807, 2.05) is 42.5 Å². The van der Waals surface area contributed by atoms with Gasteiger partial charge in [-0.15, -0.1) is 0 Å². The lowest BCUT2D eigenvalue weighted by molar-refractivity contribution is 0.0910. The summed E-state index contributed by atoms with van der Waals surface area (Å²) in [5, 5.41) is 4.04. The number of carbonyl (C=O) groups is 1. The van der Waals surface area contributed by atoms with Crippen molar-refractivity contribution in [2.45, 2.75) is 45.2 Å². The van der Waals surface area contributed by atoms with E-state index in [0.717, 1.165) is 35.7 Å². The Bertz CT molecular complexity index is 1480. The molecule has 3 N–H and O–H groups in total. The van der Waals surface area contributed by atoms with Gasteiger partial charge >= 0.3 is 0 Å². The molecule has 0 saturated heterocycles. The van der Waals surface area contributed by atoms with Crippen molar-refractivity contribution in [1.82, 2.24) is 19.9 Å². The molecule has 1 aliphatic carbocycles. The summed E-state index contributed by atoms with van der Waals surface area (Å²) in [6.07, 6.45) is 4.60. The molecule has 0 aliphatic heterocycles. The fourth-order valence-corrected chi connectivity index (χ4v) is 5.11. The Morgan fingerprint density at radius 2 is 1.88 bits per heavy atom. The Morgan fingerprint density at radius 3 is 2.62 bits per heavy atom. The normalized spacial score (nSPS) is 18.3. The lowest BCUT2D eigenvalue weighted by Gasteiger charge is -2.29. The van der Waals surface area contributed by atoms with Gasteiger partial charge in [-0.05, 0) is 66.9 Å². The summed E-state index contributed by atoms with van der Waals surface area (Å²) in [5.41, 5.74) is 3.29. The SMILES string of the molecule is COc1ccc2[nH]c3c(=O)n(Cc4ccc(C(=O)N[C@H]5CCCC[C@@H]5C)cc4)c(=S)[nH]c3c2c1. The highest BCUT2D eigenvalue weighted by atomic mass is 32.1. The first-order chi connectivity index (χ1) is 16.4. The van der Waals surface area contributed by atoms with Crippen molar-refractivity contribution in [3.8, 4) is 5.75 Å². The highest BCUT2D eigenvalue weighted by Crippen LogP contribution is 2.26. The molecule has 0 spiro atoms. The number of amides is 1. The number of hydrogen-bond acceptors (Lipinski definition) is 4. The second-order valence-corrected chi connectivity index (χ2v) is 9.53. The number of benzene rings is 2. The predicted molar refractivity (Wildman–Crippen MR) is 136 cm³/mol. The molecule has 0 unspecified atom stereocenters. The summed E-state index contributed by atoms with van der Waals surface area (Å²) in [6, 6.07) is 13.2. The van der Waals surface area contributed by atoms with Crippen LogP contribution in [0.25, 0.3) is 21.9 Å². The topological polar surface area (TPSA) is 91.9 Å². The summed E-state index contributed by atoms with van der Waals surface area (Å²) >= 11 is 5.52. The molecule has 176 valence electrons. The predicted octanol–water partition coefficient (Wildman–Crippen LogP) is 4.91. The average molecular weight is 477 g/mol. The summed E-state index contributed by atoms with van der Waals surface area (Å²) < 4.78 is 7.19. The van der Waals surface area contributed by atoms with Crippen molar-refractivity contribution in [3.05, 3.63) is 68.7 Å². The zero-order valence-electron chi connectivity index (χ0n) is 19.3. The number of nitrogens with one attached hydrogen (secondary N) is 3. The van der Waals surface area contributed by atoms with E-state index >= 15 is 0 Å². The Kier molecular flexibility index (Phi) is 6.00. The van der Waals surface area contributed by atoms with E-state index in [1.54, 1.807) is 7.11 Å². The third-order valence-corrected chi connectivity index (χ3v) is 7.25. The van der Waals surface area contributed by atoms with Gasteiger partial charge in [-0.25, -0.2) is 0 Å². The molecule has 2 aromatic carbocycles. The van der Waals surface area contributed by atoms with Gasteiger partial charge in [0.1, 0.15) is 11.3 Å². The smallest absolute Gasteiger partial charge is 0.278 e. The molecule has 7 nitrogen and oxygen atoms in total. The van der Waals surface area contributed by atoms with E-state index in [1.165, 1.54) is 11.0 Å². The maximum absolute atomic E-state index is 13.3. The molecule has 0 bridgehead atoms. The van der Waals surface area contributed by atoms with Crippen molar-refractivity contribution in [2.24, 2.45) is 5.92 Å². The Balaban J connectivity index is 1.39. The first-order valence-electron chi connectivity index (χ1n) is 11.7. The molecule has 2 atom stereocenters. The van der Waals surface area contributed by atoms with Gasteiger partial charge in [0.2, 0.25) is 0 Å². The molecule has 0 radical (unpaired) electrons. The molecule has 34 heavy (non-hydrogen) atoms. The summed E-state index contributed by atoms with van der Waals surface area (Å²) in [7, 11) is 1.61. The zero-order valence-corrected chi connectivity index (χ0v) is 20.1. The molecule has 2 heterocycles. The van der Waals surface area contributed by atoms with Gasteiger partial charge in [0.05, 0.1) is 19.2 Å². The minimum absolute atomic E-state index is 0.0466. The van der Waals surface area contributed by atoms with Gasteiger partial charge in [0.25, 0.3) is 11.5 Å². The standard InChI is InChI=1S/C26H28N4O3S/c1-15-5-3-4-6-20(15)28-24(31)17-9-7-16(8-10-17)14-30-25(32)23-22(29-26(30)34)19-13-18(33-2)11-12-21(19)27-23/h7-13,15,20,27H,3-6,14H2,1-2H3,(H,28,31)(H,29,34)/t15-,20-/m0/s1. The lowest BCUT2D eigenvalue weighted by atomic mass is 9.86. The number of nitrogens with zero attached hydrogens (tertiary/aromatic N) is 1. The van der Waals surface area contributed by atoms with E-state index < -0.39 is 0 Å². The number of aromatic nitrogens is 3. The number of methoxy groups -OCH3 is 1. The maximum Gasteiger partial charge on any atom is 0.278 e. The highest BCUT2D eigenvalue weighted by molar-refractivity contribution is 7.71. The van der Waals surface area contributed by atoms with Crippen molar-refractivity contribution < 1.29 is 9.53 Å². The van der Waals surface area contributed by atoms with Gasteiger partial charge in [-0.3, -0.25) is 14.2 Å². The Morgan fingerprint density at radius 1 is 1.12 bits per heavy atom. The van der Waals surface area contributed by atoms with Crippen LogP contribution in [-0.4, -0.2) is 33.6 Å². The fraction of sp³-hybridized carbons (Fsp3) is 0.346. The van der Waals surface area contributed by atoms with Crippen molar-refractivity contribution in [1.29, 1.82) is 0 Å². The maximum atomic E-state index is 13.3. The largest absolute Gasteiger partial charge is 0.497 e. The number of aromatic amines is 2. The first kappa shape index (κ1) is 22.4. The van der Waals surface area contributed by atoms with Crippen LogP contribution in [-0.2, 0) is 6.54 Å². The van der Waals surface area contributed by atoms with Crippen molar-refractivity contribution >= 4 is 40.1 Å². The molecule has 2 aromatic heterocycles. The molecular formula is C26H28N4O3S. The van der Waals surface area contributed by atoms with E-state index in [0.29, 0.717) is 39.6 Å². The molecule has 5 rings (SSSR count). The minimum atomic E-state index is -0.193. The van der Waals surface area contributed by atoms with Gasteiger partial charge < -0.3 is 20.0 Å². The van der Waals surface area contributed by atoms with Crippen LogP contribution in [0.15, 0.2) is 47.3 Å². The minimum Gasteiger partial charge on any atom is -0.497 e. The molecule has 8 heteroatoms. The molecule has 4 aromatic rings. The van der Waals surface area contributed by atoms with Crippen LogP contribution in [0.5, 0.6) is 5.75 Å². The van der Waals surface area contributed by atoms with Gasteiger partial charge in [-0.1, -0.05) is 31.9 Å². The van der Waals surface area contributed by atoms with Crippen LogP contribution in [0.1, 0.15) is 48.5 Å². The third kappa shape index (κ3) is 4.14. The second-order valence-electron chi connectivity index (χ2n) is 9.15. The molecule has 1 saturated carbocycles. The monoisotopic (exact) mass is 476 g/mol. The second kappa shape index (κ2) is 9.10. The van der Waals surface area contributed by atoms with E-state index in [2.05, 4.69) is 22.2 Å². The number of ether oxygens (including phenoxy) is 1. The molecule has 1 aliphatic rings. The van der Waals surface area contributed by atoms with E-state index in [9.17, 15) is 9.59 Å². The van der Waals surface area contributed by atoms with Gasteiger partial charge in [0, 0.05) is 22.5 Å². The average Bonchev–Trinajstić information content (AvgIpc) is 3.21.